The van der Waals surface area contributed by atoms with Crippen molar-refractivity contribution in [2.45, 2.75) is 32.4 Å². The van der Waals surface area contributed by atoms with Crippen LogP contribution in [-0.2, 0) is 13.0 Å². The highest BCUT2D eigenvalue weighted by Gasteiger charge is 2.09. The fraction of sp³-hybridized carbons (Fsp3) is 0.438. The summed E-state index contributed by atoms with van der Waals surface area (Å²) in [7, 11) is 1.65. The van der Waals surface area contributed by atoms with Gasteiger partial charge in [-0.1, -0.05) is 13.0 Å². The normalized spacial score (nSPS) is 12.1. The molecule has 2 N–H and O–H groups in total. The molecule has 1 heterocycles. The van der Waals surface area contributed by atoms with Crippen molar-refractivity contribution in [1.29, 1.82) is 0 Å². The Morgan fingerprint density at radius 3 is 2.90 bits per heavy atom. The molecular weight excluding hydrogens is 266 g/mol. The van der Waals surface area contributed by atoms with Gasteiger partial charge in [0.2, 0.25) is 0 Å². The molecule has 21 heavy (non-hydrogen) atoms. The minimum atomic E-state index is 0.145. The predicted octanol–water partition coefficient (Wildman–Crippen LogP) is 2.25. The molecule has 114 valence electrons. The number of nitrogens with two attached hydrogens (primary N) is 1. The van der Waals surface area contributed by atoms with E-state index in [4.69, 9.17) is 15.2 Å². The van der Waals surface area contributed by atoms with Crippen LogP contribution in [0.4, 0.5) is 0 Å². The molecule has 2 rings (SSSR count). The second kappa shape index (κ2) is 7.69. The molecule has 5 heteroatoms. The first-order chi connectivity index (χ1) is 10.2. The van der Waals surface area contributed by atoms with Crippen molar-refractivity contribution < 1.29 is 9.47 Å². The van der Waals surface area contributed by atoms with E-state index in [1.54, 1.807) is 13.3 Å². The Bertz CT molecular complexity index is 540. The topological polar surface area (TPSA) is 62.3 Å². The lowest BCUT2D eigenvalue weighted by Gasteiger charge is -2.15. The predicted molar refractivity (Wildman–Crippen MR) is 82.7 cm³/mol. The van der Waals surface area contributed by atoms with Crippen LogP contribution in [0.1, 0.15) is 18.9 Å². The van der Waals surface area contributed by atoms with Crippen LogP contribution in [-0.4, -0.2) is 29.5 Å². The molecule has 0 fully saturated rings. The monoisotopic (exact) mass is 289 g/mol. The lowest BCUT2D eigenvalue weighted by atomic mass is 10.0. The SMILES string of the molecule is CCC(N)Cc1ccc(OC)cc1OCCn1cccn1. The van der Waals surface area contributed by atoms with Gasteiger partial charge in [0.05, 0.1) is 13.7 Å². The van der Waals surface area contributed by atoms with Gasteiger partial charge in [0.25, 0.3) is 0 Å². The third-order valence-electron chi connectivity index (χ3n) is 3.42. The van der Waals surface area contributed by atoms with Crippen molar-refractivity contribution in [2.24, 2.45) is 5.73 Å². The van der Waals surface area contributed by atoms with Gasteiger partial charge >= 0.3 is 0 Å². The van der Waals surface area contributed by atoms with E-state index in [0.717, 1.165) is 29.9 Å². The maximum absolute atomic E-state index is 6.05. The van der Waals surface area contributed by atoms with Crippen molar-refractivity contribution in [2.75, 3.05) is 13.7 Å². The number of rotatable bonds is 8. The van der Waals surface area contributed by atoms with E-state index in [0.29, 0.717) is 13.2 Å². The first kappa shape index (κ1) is 15.4. The molecule has 0 spiro atoms. The number of benzene rings is 1. The van der Waals surface area contributed by atoms with Gasteiger partial charge in [-0.25, -0.2) is 0 Å². The Balaban J connectivity index is 2.03. The second-order valence-corrected chi connectivity index (χ2v) is 4.96. The average Bonchev–Trinajstić information content (AvgIpc) is 3.02. The van der Waals surface area contributed by atoms with Gasteiger partial charge in [-0.3, -0.25) is 4.68 Å². The third-order valence-corrected chi connectivity index (χ3v) is 3.42. The summed E-state index contributed by atoms with van der Waals surface area (Å²) in [5.74, 6) is 1.63. The lowest BCUT2D eigenvalue weighted by Crippen LogP contribution is -2.22. The van der Waals surface area contributed by atoms with Crippen LogP contribution in [0.2, 0.25) is 0 Å². The molecule has 0 saturated carbocycles. The highest BCUT2D eigenvalue weighted by Crippen LogP contribution is 2.26. The van der Waals surface area contributed by atoms with Gasteiger partial charge in [0.15, 0.2) is 0 Å². The molecule has 0 aliphatic heterocycles. The highest BCUT2D eigenvalue weighted by atomic mass is 16.5. The molecule has 1 aromatic carbocycles. The molecule has 0 saturated heterocycles. The number of hydrogen-bond acceptors (Lipinski definition) is 4. The standard InChI is InChI=1S/C16H23N3O2/c1-3-14(17)11-13-5-6-15(20-2)12-16(13)21-10-9-19-8-4-7-18-19/h4-8,12,14H,3,9-11,17H2,1-2H3. The van der Waals surface area contributed by atoms with E-state index in [2.05, 4.69) is 12.0 Å². The Morgan fingerprint density at radius 1 is 1.38 bits per heavy atom. The number of aromatic nitrogens is 2. The minimum Gasteiger partial charge on any atom is -0.497 e. The van der Waals surface area contributed by atoms with Gasteiger partial charge in [-0.15, -0.1) is 0 Å². The van der Waals surface area contributed by atoms with E-state index in [1.807, 2.05) is 35.1 Å². The van der Waals surface area contributed by atoms with Gasteiger partial charge in [0, 0.05) is 24.5 Å². The Labute approximate surface area is 125 Å². The quantitative estimate of drug-likeness (QED) is 0.809. The first-order valence-electron chi connectivity index (χ1n) is 7.25. The van der Waals surface area contributed by atoms with Crippen LogP contribution < -0.4 is 15.2 Å². The summed E-state index contributed by atoms with van der Waals surface area (Å²) in [5, 5.41) is 4.16. The summed E-state index contributed by atoms with van der Waals surface area (Å²) in [5.41, 5.74) is 7.17. The van der Waals surface area contributed by atoms with Crippen LogP contribution in [0.15, 0.2) is 36.7 Å². The molecule has 0 bridgehead atoms. The van der Waals surface area contributed by atoms with Crippen molar-refractivity contribution in [3.05, 3.63) is 42.2 Å². The van der Waals surface area contributed by atoms with E-state index in [1.165, 1.54) is 0 Å². The van der Waals surface area contributed by atoms with E-state index in [-0.39, 0.29) is 6.04 Å². The summed E-state index contributed by atoms with van der Waals surface area (Å²) < 4.78 is 13.0. The van der Waals surface area contributed by atoms with Crippen LogP contribution in [0.3, 0.4) is 0 Å². The summed E-state index contributed by atoms with van der Waals surface area (Å²) in [6.07, 6.45) is 5.43. The smallest absolute Gasteiger partial charge is 0.126 e. The van der Waals surface area contributed by atoms with Gasteiger partial charge < -0.3 is 15.2 Å². The average molecular weight is 289 g/mol. The molecule has 1 aromatic heterocycles. The molecule has 0 aliphatic rings. The largest absolute Gasteiger partial charge is 0.497 e. The molecule has 0 radical (unpaired) electrons. The maximum atomic E-state index is 6.05. The highest BCUT2D eigenvalue weighted by molar-refractivity contribution is 5.41. The Kier molecular flexibility index (Phi) is 5.63. The third kappa shape index (κ3) is 4.49. The molecule has 1 unspecified atom stereocenters. The van der Waals surface area contributed by atoms with E-state index in [9.17, 15) is 0 Å². The first-order valence-corrected chi connectivity index (χ1v) is 7.25. The van der Waals surface area contributed by atoms with Crippen LogP contribution in [0.5, 0.6) is 11.5 Å². The fourth-order valence-electron chi connectivity index (χ4n) is 2.07. The zero-order valence-corrected chi connectivity index (χ0v) is 12.7. The Morgan fingerprint density at radius 2 is 2.24 bits per heavy atom. The molecular formula is C16H23N3O2. The maximum Gasteiger partial charge on any atom is 0.126 e. The van der Waals surface area contributed by atoms with Crippen LogP contribution in [0.25, 0.3) is 0 Å². The Hall–Kier alpha value is -2.01. The van der Waals surface area contributed by atoms with E-state index >= 15 is 0 Å². The number of ether oxygens (including phenoxy) is 2. The number of nitrogens with zero attached hydrogens (tertiary/aromatic N) is 2. The van der Waals surface area contributed by atoms with Crippen LogP contribution >= 0.6 is 0 Å². The van der Waals surface area contributed by atoms with Gasteiger partial charge in [-0.05, 0) is 30.5 Å². The van der Waals surface area contributed by atoms with Gasteiger partial charge in [-0.2, -0.15) is 5.10 Å². The van der Waals surface area contributed by atoms with Crippen molar-refractivity contribution in [3.8, 4) is 11.5 Å². The number of hydrogen-bond donors (Lipinski definition) is 1. The zero-order valence-electron chi connectivity index (χ0n) is 12.7. The fourth-order valence-corrected chi connectivity index (χ4v) is 2.07. The van der Waals surface area contributed by atoms with Crippen molar-refractivity contribution in [3.63, 3.8) is 0 Å². The summed E-state index contributed by atoms with van der Waals surface area (Å²) in [6.45, 7) is 3.36. The molecule has 0 aliphatic carbocycles. The zero-order chi connectivity index (χ0) is 15.1. The summed E-state index contributed by atoms with van der Waals surface area (Å²) in [6, 6.07) is 7.93. The molecule has 1 atom stereocenters. The molecule has 5 nitrogen and oxygen atoms in total. The summed E-state index contributed by atoms with van der Waals surface area (Å²) in [4.78, 5) is 0. The van der Waals surface area contributed by atoms with Crippen molar-refractivity contribution >= 4 is 0 Å². The van der Waals surface area contributed by atoms with Gasteiger partial charge in [0.1, 0.15) is 18.1 Å². The minimum absolute atomic E-state index is 0.145. The lowest BCUT2D eigenvalue weighted by molar-refractivity contribution is 0.286. The molecule has 2 aromatic rings. The second-order valence-electron chi connectivity index (χ2n) is 4.96. The molecule has 0 amide bonds. The van der Waals surface area contributed by atoms with Crippen LogP contribution in [0, 0.1) is 0 Å². The summed E-state index contributed by atoms with van der Waals surface area (Å²) >= 11 is 0. The van der Waals surface area contributed by atoms with Crippen molar-refractivity contribution in [1.82, 2.24) is 9.78 Å². The number of methoxy groups -OCH3 is 1. The van der Waals surface area contributed by atoms with E-state index < -0.39 is 0 Å².